The van der Waals surface area contributed by atoms with Crippen molar-refractivity contribution in [2.45, 2.75) is 19.8 Å². The summed E-state index contributed by atoms with van der Waals surface area (Å²) in [6.45, 7) is 4.39. The SMILES string of the molecule is CC1(CNC(=O)c2ccccc2NN)CCOCC1. The number of para-hydroxylation sites is 1. The standard InChI is InChI=1S/C14H21N3O2/c1-14(6-8-19-9-7-14)10-16-13(18)11-4-2-3-5-12(11)17-15/h2-5,17H,6-10,15H2,1H3,(H,16,18). The maximum absolute atomic E-state index is 12.2. The molecular weight excluding hydrogens is 242 g/mol. The monoisotopic (exact) mass is 263 g/mol. The van der Waals surface area contributed by atoms with Gasteiger partial charge in [-0.25, -0.2) is 0 Å². The van der Waals surface area contributed by atoms with Crippen LogP contribution in [-0.4, -0.2) is 25.7 Å². The largest absolute Gasteiger partial charge is 0.381 e. The first-order valence-electron chi connectivity index (χ1n) is 6.56. The molecule has 0 bridgehead atoms. The van der Waals surface area contributed by atoms with Crippen LogP contribution in [0.25, 0.3) is 0 Å². The first-order valence-corrected chi connectivity index (χ1v) is 6.56. The van der Waals surface area contributed by atoms with Crippen LogP contribution in [0.5, 0.6) is 0 Å². The molecule has 5 nitrogen and oxygen atoms in total. The molecule has 0 spiro atoms. The zero-order valence-electron chi connectivity index (χ0n) is 11.2. The van der Waals surface area contributed by atoms with Gasteiger partial charge in [-0.1, -0.05) is 19.1 Å². The van der Waals surface area contributed by atoms with Crippen molar-refractivity contribution in [1.29, 1.82) is 0 Å². The van der Waals surface area contributed by atoms with Crippen LogP contribution in [0, 0.1) is 5.41 Å². The molecule has 0 saturated carbocycles. The topological polar surface area (TPSA) is 76.4 Å². The zero-order valence-corrected chi connectivity index (χ0v) is 11.2. The van der Waals surface area contributed by atoms with E-state index in [-0.39, 0.29) is 11.3 Å². The van der Waals surface area contributed by atoms with Crippen LogP contribution in [0.1, 0.15) is 30.1 Å². The molecule has 0 atom stereocenters. The predicted octanol–water partition coefficient (Wildman–Crippen LogP) is 1.52. The number of carbonyl (C=O) groups excluding carboxylic acids is 1. The smallest absolute Gasteiger partial charge is 0.253 e. The van der Waals surface area contributed by atoms with Crippen LogP contribution in [-0.2, 0) is 4.74 Å². The summed E-state index contributed by atoms with van der Waals surface area (Å²) in [6.07, 6.45) is 1.95. The summed E-state index contributed by atoms with van der Waals surface area (Å²) < 4.78 is 5.35. The number of hydrazine groups is 1. The number of carbonyl (C=O) groups is 1. The summed E-state index contributed by atoms with van der Waals surface area (Å²) in [5.74, 6) is 5.31. The third-order valence-corrected chi connectivity index (χ3v) is 3.70. The van der Waals surface area contributed by atoms with E-state index in [2.05, 4.69) is 17.7 Å². The van der Waals surface area contributed by atoms with E-state index >= 15 is 0 Å². The number of nitrogens with two attached hydrogens (primary N) is 1. The van der Waals surface area contributed by atoms with Gasteiger partial charge in [0.05, 0.1) is 11.3 Å². The van der Waals surface area contributed by atoms with E-state index in [1.165, 1.54) is 0 Å². The molecule has 1 heterocycles. The molecule has 1 aromatic rings. The molecule has 1 saturated heterocycles. The summed E-state index contributed by atoms with van der Waals surface area (Å²) in [5, 5.41) is 2.99. The molecule has 4 N–H and O–H groups in total. The highest BCUT2D eigenvalue weighted by molar-refractivity contribution is 5.99. The lowest BCUT2D eigenvalue weighted by Crippen LogP contribution is -2.39. The van der Waals surface area contributed by atoms with Gasteiger partial charge in [-0.2, -0.15) is 0 Å². The number of nitrogen functional groups attached to an aromatic ring is 1. The Morgan fingerprint density at radius 2 is 2.05 bits per heavy atom. The van der Waals surface area contributed by atoms with Crippen molar-refractivity contribution < 1.29 is 9.53 Å². The van der Waals surface area contributed by atoms with Gasteiger partial charge >= 0.3 is 0 Å². The van der Waals surface area contributed by atoms with Gasteiger partial charge in [0.1, 0.15) is 0 Å². The molecular formula is C14H21N3O2. The second-order valence-corrected chi connectivity index (χ2v) is 5.30. The van der Waals surface area contributed by atoms with Crippen molar-refractivity contribution in [2.24, 2.45) is 11.3 Å². The van der Waals surface area contributed by atoms with Gasteiger partial charge in [0, 0.05) is 19.8 Å². The Morgan fingerprint density at radius 1 is 1.37 bits per heavy atom. The highest BCUT2D eigenvalue weighted by Crippen LogP contribution is 2.28. The second-order valence-electron chi connectivity index (χ2n) is 5.30. The van der Waals surface area contributed by atoms with Gasteiger partial charge < -0.3 is 15.5 Å². The number of benzene rings is 1. The second kappa shape index (κ2) is 6.04. The lowest BCUT2D eigenvalue weighted by atomic mass is 9.82. The minimum Gasteiger partial charge on any atom is -0.381 e. The third kappa shape index (κ3) is 3.45. The number of nitrogens with one attached hydrogen (secondary N) is 2. The van der Waals surface area contributed by atoms with Crippen molar-refractivity contribution >= 4 is 11.6 Å². The summed E-state index contributed by atoms with van der Waals surface area (Å²) >= 11 is 0. The lowest BCUT2D eigenvalue weighted by molar-refractivity contribution is 0.0238. The van der Waals surface area contributed by atoms with Crippen molar-refractivity contribution in [1.82, 2.24) is 5.32 Å². The molecule has 5 heteroatoms. The number of ether oxygens (including phenoxy) is 1. The van der Waals surface area contributed by atoms with E-state index in [4.69, 9.17) is 10.6 Å². The fourth-order valence-electron chi connectivity index (χ4n) is 2.24. The van der Waals surface area contributed by atoms with Crippen LogP contribution < -0.4 is 16.6 Å². The highest BCUT2D eigenvalue weighted by Gasteiger charge is 2.28. The Labute approximate surface area is 113 Å². The summed E-state index contributed by atoms with van der Waals surface area (Å²) in [5.41, 5.74) is 3.87. The molecule has 1 aromatic carbocycles. The molecule has 0 aliphatic carbocycles. The summed E-state index contributed by atoms with van der Waals surface area (Å²) in [6, 6.07) is 7.21. The van der Waals surface area contributed by atoms with Crippen LogP contribution in [0.15, 0.2) is 24.3 Å². The summed E-state index contributed by atoms with van der Waals surface area (Å²) in [4.78, 5) is 12.2. The molecule has 0 aromatic heterocycles. The number of rotatable bonds is 4. The van der Waals surface area contributed by atoms with Gasteiger partial charge in [0.15, 0.2) is 0 Å². The normalized spacial score (nSPS) is 17.8. The van der Waals surface area contributed by atoms with Gasteiger partial charge in [-0.3, -0.25) is 10.6 Å². The minimum atomic E-state index is -0.0960. The van der Waals surface area contributed by atoms with Crippen molar-refractivity contribution in [3.63, 3.8) is 0 Å². The quantitative estimate of drug-likeness (QED) is 0.568. The van der Waals surface area contributed by atoms with Crippen LogP contribution in [0.2, 0.25) is 0 Å². The summed E-state index contributed by atoms with van der Waals surface area (Å²) in [7, 11) is 0. The first kappa shape index (κ1) is 13.8. The molecule has 1 amide bonds. The molecule has 104 valence electrons. The van der Waals surface area contributed by atoms with E-state index in [0.29, 0.717) is 17.8 Å². The number of amides is 1. The molecule has 0 unspecified atom stereocenters. The molecule has 2 rings (SSSR count). The first-order chi connectivity index (χ1) is 9.14. The molecule has 1 aliphatic heterocycles. The number of hydrogen-bond donors (Lipinski definition) is 3. The van der Waals surface area contributed by atoms with E-state index in [1.807, 2.05) is 12.1 Å². The van der Waals surface area contributed by atoms with Crippen LogP contribution >= 0.6 is 0 Å². The fourth-order valence-corrected chi connectivity index (χ4v) is 2.24. The lowest BCUT2D eigenvalue weighted by Gasteiger charge is -2.33. The maximum atomic E-state index is 12.2. The number of hydrogen-bond acceptors (Lipinski definition) is 4. The van der Waals surface area contributed by atoms with Crippen molar-refractivity contribution in [2.75, 3.05) is 25.2 Å². The van der Waals surface area contributed by atoms with Gasteiger partial charge in [0.25, 0.3) is 5.91 Å². The predicted molar refractivity (Wildman–Crippen MR) is 74.7 cm³/mol. The highest BCUT2D eigenvalue weighted by atomic mass is 16.5. The number of anilines is 1. The van der Waals surface area contributed by atoms with Gasteiger partial charge in [0.2, 0.25) is 0 Å². The Kier molecular flexibility index (Phi) is 4.39. The van der Waals surface area contributed by atoms with Crippen molar-refractivity contribution in [3.8, 4) is 0 Å². The average Bonchev–Trinajstić information content (AvgIpc) is 2.45. The third-order valence-electron chi connectivity index (χ3n) is 3.70. The van der Waals surface area contributed by atoms with Crippen LogP contribution in [0.4, 0.5) is 5.69 Å². The van der Waals surface area contributed by atoms with Crippen LogP contribution in [0.3, 0.4) is 0 Å². The molecule has 0 radical (unpaired) electrons. The fraction of sp³-hybridized carbons (Fsp3) is 0.500. The van der Waals surface area contributed by atoms with E-state index in [9.17, 15) is 4.79 Å². The molecule has 1 fully saturated rings. The average molecular weight is 263 g/mol. The van der Waals surface area contributed by atoms with E-state index < -0.39 is 0 Å². The van der Waals surface area contributed by atoms with E-state index in [0.717, 1.165) is 26.1 Å². The maximum Gasteiger partial charge on any atom is 0.253 e. The van der Waals surface area contributed by atoms with Crippen molar-refractivity contribution in [3.05, 3.63) is 29.8 Å². The van der Waals surface area contributed by atoms with E-state index in [1.54, 1.807) is 12.1 Å². The Bertz CT molecular complexity index is 442. The Hall–Kier alpha value is -1.59. The Balaban J connectivity index is 1.97. The minimum absolute atomic E-state index is 0.0960. The van der Waals surface area contributed by atoms with Gasteiger partial charge in [-0.15, -0.1) is 0 Å². The molecule has 19 heavy (non-hydrogen) atoms. The molecule has 1 aliphatic rings. The Morgan fingerprint density at radius 3 is 2.74 bits per heavy atom. The van der Waals surface area contributed by atoms with Gasteiger partial charge in [-0.05, 0) is 30.4 Å². The zero-order chi connectivity index (χ0) is 13.7.